The van der Waals surface area contributed by atoms with E-state index in [4.69, 9.17) is 4.74 Å². The molecule has 0 radical (unpaired) electrons. The minimum atomic E-state index is -0.852. The van der Waals surface area contributed by atoms with E-state index in [1.54, 1.807) is 18.1 Å². The Kier molecular flexibility index (Phi) is 5.20. The number of carbonyl (C=O) groups excluding carboxylic acids is 1. The summed E-state index contributed by atoms with van der Waals surface area (Å²) in [7, 11) is 1.62. The second-order valence-corrected chi connectivity index (χ2v) is 7.49. The second-order valence-electron chi connectivity index (χ2n) is 6.32. The molecule has 1 aliphatic rings. The van der Waals surface area contributed by atoms with Crippen LogP contribution in [-0.4, -0.2) is 42.1 Å². The number of aliphatic carboxylic acids is 1. The molecule has 1 aromatic heterocycles. The minimum Gasteiger partial charge on any atom is -0.481 e. The quantitative estimate of drug-likeness (QED) is 0.891. The van der Waals surface area contributed by atoms with Crippen molar-refractivity contribution in [2.75, 3.05) is 20.2 Å². The molecule has 5 nitrogen and oxygen atoms in total. The molecule has 1 aliphatic heterocycles. The maximum atomic E-state index is 12.8. The highest BCUT2D eigenvalue weighted by Crippen LogP contribution is 2.35. The number of hydrogen-bond donors (Lipinski definition) is 1. The van der Waals surface area contributed by atoms with Gasteiger partial charge in [0.15, 0.2) is 0 Å². The lowest BCUT2D eigenvalue weighted by atomic mass is 9.86. The summed E-state index contributed by atoms with van der Waals surface area (Å²) in [5.74, 6) is -1.71. The van der Waals surface area contributed by atoms with Crippen molar-refractivity contribution in [3.63, 3.8) is 0 Å². The lowest BCUT2D eigenvalue weighted by Crippen LogP contribution is -2.29. The first-order chi connectivity index (χ1) is 12.0. The van der Waals surface area contributed by atoms with Gasteiger partial charge in [0.25, 0.3) is 5.91 Å². The van der Waals surface area contributed by atoms with Crippen LogP contribution in [0.2, 0.25) is 0 Å². The van der Waals surface area contributed by atoms with Gasteiger partial charge >= 0.3 is 5.97 Å². The number of ether oxygens (including phenoxy) is 1. The molecule has 25 heavy (non-hydrogen) atoms. The maximum absolute atomic E-state index is 12.8. The molecule has 0 saturated carbocycles. The fraction of sp³-hybridized carbons (Fsp3) is 0.368. The molecule has 2 aromatic rings. The molecule has 6 heteroatoms. The number of benzene rings is 1. The number of hydrogen-bond acceptors (Lipinski definition) is 4. The SMILES string of the molecule is COCc1ccc(C(=O)N2C[C@@H](C(=O)O)[C@H](c3ccccc3C)C2)s1. The zero-order valence-corrected chi connectivity index (χ0v) is 15.1. The van der Waals surface area contributed by atoms with E-state index < -0.39 is 11.9 Å². The smallest absolute Gasteiger partial charge is 0.308 e. The summed E-state index contributed by atoms with van der Waals surface area (Å²) in [6.45, 7) is 3.12. The van der Waals surface area contributed by atoms with Crippen molar-refractivity contribution in [2.45, 2.75) is 19.4 Å². The Bertz CT molecular complexity index is 785. The molecule has 3 rings (SSSR count). The highest BCUT2D eigenvalue weighted by molar-refractivity contribution is 7.14. The van der Waals surface area contributed by atoms with Crippen molar-refractivity contribution in [2.24, 2.45) is 5.92 Å². The third-order valence-electron chi connectivity index (χ3n) is 4.67. The average Bonchev–Trinajstić information content (AvgIpc) is 3.22. The predicted molar refractivity (Wildman–Crippen MR) is 96.0 cm³/mol. The Morgan fingerprint density at radius 2 is 2.00 bits per heavy atom. The van der Waals surface area contributed by atoms with E-state index in [1.807, 2.05) is 37.3 Å². The van der Waals surface area contributed by atoms with Crippen molar-refractivity contribution in [1.29, 1.82) is 0 Å². The normalized spacial score (nSPS) is 20.0. The molecule has 2 heterocycles. The Labute approximate surface area is 150 Å². The van der Waals surface area contributed by atoms with Gasteiger partial charge in [0.05, 0.1) is 17.4 Å². The molecule has 1 amide bonds. The van der Waals surface area contributed by atoms with Gasteiger partial charge in [-0.15, -0.1) is 11.3 Å². The third kappa shape index (κ3) is 3.60. The van der Waals surface area contributed by atoms with E-state index in [9.17, 15) is 14.7 Å². The number of aryl methyl sites for hydroxylation is 1. The van der Waals surface area contributed by atoms with Crippen LogP contribution in [0, 0.1) is 12.8 Å². The molecule has 132 valence electrons. The summed E-state index contributed by atoms with van der Waals surface area (Å²) in [5, 5.41) is 9.63. The highest BCUT2D eigenvalue weighted by atomic mass is 32.1. The molecule has 2 atom stereocenters. The average molecular weight is 359 g/mol. The number of likely N-dealkylation sites (tertiary alicyclic amines) is 1. The maximum Gasteiger partial charge on any atom is 0.308 e. The standard InChI is InChI=1S/C19H21NO4S/c1-12-5-3-4-6-14(12)15-9-20(10-16(15)19(22)23)18(21)17-8-7-13(25-17)11-24-2/h3-8,15-16H,9-11H2,1-2H3,(H,22,23)/t15-,16+/m0/s1. The van der Waals surface area contributed by atoms with Gasteiger partial charge in [0.1, 0.15) is 0 Å². The largest absolute Gasteiger partial charge is 0.481 e. The van der Waals surface area contributed by atoms with Crippen molar-refractivity contribution in [1.82, 2.24) is 4.90 Å². The summed E-state index contributed by atoms with van der Waals surface area (Å²) in [6, 6.07) is 11.5. The van der Waals surface area contributed by atoms with E-state index >= 15 is 0 Å². The molecule has 1 aromatic carbocycles. The number of nitrogens with zero attached hydrogens (tertiary/aromatic N) is 1. The molecule has 0 unspecified atom stereocenters. The van der Waals surface area contributed by atoms with Crippen LogP contribution < -0.4 is 0 Å². The Morgan fingerprint density at radius 3 is 2.68 bits per heavy atom. The van der Waals surface area contributed by atoms with Crippen molar-refractivity contribution in [3.05, 3.63) is 57.3 Å². The number of thiophene rings is 1. The van der Waals surface area contributed by atoms with Gasteiger partial charge in [-0.2, -0.15) is 0 Å². The van der Waals surface area contributed by atoms with Crippen LogP contribution in [0.5, 0.6) is 0 Å². The van der Waals surface area contributed by atoms with Crippen LogP contribution in [0.4, 0.5) is 0 Å². The number of carboxylic acids is 1. The van der Waals surface area contributed by atoms with Crippen LogP contribution in [0.25, 0.3) is 0 Å². The molecular formula is C19H21NO4S. The summed E-state index contributed by atoms with van der Waals surface area (Å²) in [4.78, 5) is 27.8. The molecule has 0 bridgehead atoms. The van der Waals surface area contributed by atoms with Crippen molar-refractivity contribution < 1.29 is 19.4 Å². The fourth-order valence-corrected chi connectivity index (χ4v) is 4.35. The van der Waals surface area contributed by atoms with E-state index in [0.717, 1.165) is 16.0 Å². The number of methoxy groups -OCH3 is 1. The lowest BCUT2D eigenvalue weighted by molar-refractivity contribution is -0.141. The predicted octanol–water partition coefficient (Wildman–Crippen LogP) is 3.14. The van der Waals surface area contributed by atoms with Gasteiger partial charge in [-0.1, -0.05) is 24.3 Å². The first kappa shape index (κ1) is 17.6. The molecule has 1 fully saturated rings. The van der Waals surface area contributed by atoms with E-state index in [-0.39, 0.29) is 18.4 Å². The van der Waals surface area contributed by atoms with Crippen LogP contribution in [-0.2, 0) is 16.1 Å². The van der Waals surface area contributed by atoms with Gasteiger partial charge in [0, 0.05) is 31.0 Å². The third-order valence-corrected chi connectivity index (χ3v) is 5.72. The first-order valence-electron chi connectivity index (χ1n) is 8.16. The van der Waals surface area contributed by atoms with Crippen LogP contribution >= 0.6 is 11.3 Å². The Balaban J connectivity index is 1.83. The fourth-order valence-electron chi connectivity index (χ4n) is 3.41. The van der Waals surface area contributed by atoms with E-state index in [0.29, 0.717) is 18.0 Å². The van der Waals surface area contributed by atoms with E-state index in [2.05, 4.69) is 0 Å². The molecule has 0 aliphatic carbocycles. The van der Waals surface area contributed by atoms with Gasteiger partial charge in [0.2, 0.25) is 0 Å². The topological polar surface area (TPSA) is 66.8 Å². The molecule has 1 N–H and O–H groups in total. The van der Waals surface area contributed by atoms with Gasteiger partial charge in [-0.05, 0) is 30.2 Å². The molecular weight excluding hydrogens is 338 g/mol. The zero-order chi connectivity index (χ0) is 18.0. The summed E-state index contributed by atoms with van der Waals surface area (Å²) < 4.78 is 5.09. The van der Waals surface area contributed by atoms with Gasteiger partial charge in [-0.3, -0.25) is 9.59 Å². The van der Waals surface area contributed by atoms with Crippen LogP contribution in [0.3, 0.4) is 0 Å². The second kappa shape index (κ2) is 7.37. The summed E-state index contributed by atoms with van der Waals surface area (Å²) in [5.41, 5.74) is 2.07. The van der Waals surface area contributed by atoms with Crippen LogP contribution in [0.1, 0.15) is 31.6 Å². The number of carbonyl (C=O) groups is 2. The number of carboxylic acid groups (broad SMARTS) is 1. The van der Waals surface area contributed by atoms with Crippen molar-refractivity contribution >= 4 is 23.2 Å². The molecule has 1 saturated heterocycles. The number of amides is 1. The highest BCUT2D eigenvalue weighted by Gasteiger charge is 2.41. The lowest BCUT2D eigenvalue weighted by Gasteiger charge is -2.17. The number of rotatable bonds is 5. The summed E-state index contributed by atoms with van der Waals surface area (Å²) in [6.07, 6.45) is 0. The van der Waals surface area contributed by atoms with Gasteiger partial charge in [-0.25, -0.2) is 0 Å². The minimum absolute atomic E-state index is 0.102. The Morgan fingerprint density at radius 1 is 1.24 bits per heavy atom. The molecule has 0 spiro atoms. The van der Waals surface area contributed by atoms with Gasteiger partial charge < -0.3 is 14.7 Å². The Hall–Kier alpha value is -2.18. The summed E-state index contributed by atoms with van der Waals surface area (Å²) >= 11 is 1.40. The van der Waals surface area contributed by atoms with Crippen molar-refractivity contribution in [3.8, 4) is 0 Å². The van der Waals surface area contributed by atoms with Crippen LogP contribution in [0.15, 0.2) is 36.4 Å². The van der Waals surface area contributed by atoms with E-state index in [1.165, 1.54) is 11.3 Å². The first-order valence-corrected chi connectivity index (χ1v) is 8.98. The zero-order valence-electron chi connectivity index (χ0n) is 14.3. The monoisotopic (exact) mass is 359 g/mol.